The highest BCUT2D eigenvalue weighted by molar-refractivity contribution is 5.93. The second-order valence-corrected chi connectivity index (χ2v) is 3.82. The molecule has 0 fully saturated rings. The molecular formula is C12H12FN3O2. The number of nitrogens with one attached hydrogen (secondary N) is 1. The highest BCUT2D eigenvalue weighted by Gasteiger charge is 2.15. The summed E-state index contributed by atoms with van der Waals surface area (Å²) in [4.78, 5) is 11.9. The van der Waals surface area contributed by atoms with Gasteiger partial charge in [0.25, 0.3) is 0 Å². The highest BCUT2D eigenvalue weighted by atomic mass is 19.1. The normalized spacial score (nSPS) is 12.1. The number of hydrogen-bond donors (Lipinski definition) is 2. The van der Waals surface area contributed by atoms with E-state index in [1.165, 1.54) is 16.8 Å². The molecule has 5 nitrogen and oxygen atoms in total. The van der Waals surface area contributed by atoms with Crippen molar-refractivity contribution in [2.75, 3.05) is 5.32 Å². The molecule has 1 aromatic carbocycles. The summed E-state index contributed by atoms with van der Waals surface area (Å²) in [7, 11) is 0. The van der Waals surface area contributed by atoms with Crippen LogP contribution in [0, 0.1) is 5.82 Å². The Morgan fingerprint density at radius 1 is 1.56 bits per heavy atom. The van der Waals surface area contributed by atoms with Gasteiger partial charge in [-0.25, -0.2) is 4.39 Å². The summed E-state index contributed by atoms with van der Waals surface area (Å²) < 4.78 is 14.6. The van der Waals surface area contributed by atoms with Gasteiger partial charge in [-0.05, 0) is 25.1 Å². The van der Waals surface area contributed by atoms with Crippen LogP contribution in [0.1, 0.15) is 13.0 Å². The lowest BCUT2D eigenvalue weighted by molar-refractivity contribution is -0.119. The number of rotatable bonds is 3. The van der Waals surface area contributed by atoms with Gasteiger partial charge >= 0.3 is 0 Å². The summed E-state index contributed by atoms with van der Waals surface area (Å²) in [5, 5.41) is 15.5. The number of benzene rings is 1. The highest BCUT2D eigenvalue weighted by Crippen LogP contribution is 2.20. The van der Waals surface area contributed by atoms with Gasteiger partial charge in [-0.15, -0.1) is 0 Å². The second-order valence-electron chi connectivity index (χ2n) is 3.82. The summed E-state index contributed by atoms with van der Waals surface area (Å²) in [5.74, 6) is -1.54. The molecule has 1 unspecified atom stereocenters. The fourth-order valence-electron chi connectivity index (χ4n) is 1.46. The molecule has 2 aromatic rings. The Morgan fingerprint density at radius 2 is 2.33 bits per heavy atom. The number of carbonyl (C=O) groups is 1. The van der Waals surface area contributed by atoms with Crippen LogP contribution in [0.2, 0.25) is 0 Å². The van der Waals surface area contributed by atoms with E-state index in [9.17, 15) is 9.18 Å². The number of hydrogen-bond acceptors (Lipinski definition) is 3. The zero-order chi connectivity index (χ0) is 13.1. The van der Waals surface area contributed by atoms with Crippen molar-refractivity contribution in [2.45, 2.75) is 13.0 Å². The first-order chi connectivity index (χ1) is 8.58. The van der Waals surface area contributed by atoms with Crippen LogP contribution < -0.4 is 5.32 Å². The SMILES string of the molecule is CC(C(=O)Nc1ccc(O)c(F)c1)n1cccn1. The molecule has 0 aliphatic heterocycles. The molecule has 18 heavy (non-hydrogen) atoms. The van der Waals surface area contributed by atoms with E-state index in [4.69, 9.17) is 5.11 Å². The van der Waals surface area contributed by atoms with Crippen molar-refractivity contribution in [3.8, 4) is 5.75 Å². The zero-order valence-corrected chi connectivity index (χ0v) is 9.67. The molecule has 6 heteroatoms. The van der Waals surface area contributed by atoms with Gasteiger partial charge in [0.2, 0.25) is 5.91 Å². The quantitative estimate of drug-likeness (QED) is 0.817. The molecule has 1 heterocycles. The third-order valence-corrected chi connectivity index (χ3v) is 2.52. The Balaban J connectivity index is 2.09. The van der Waals surface area contributed by atoms with Crippen LogP contribution in [-0.2, 0) is 4.79 Å². The molecule has 0 aliphatic carbocycles. The van der Waals surface area contributed by atoms with Gasteiger partial charge in [0, 0.05) is 24.1 Å². The maximum Gasteiger partial charge on any atom is 0.248 e. The smallest absolute Gasteiger partial charge is 0.248 e. The minimum absolute atomic E-state index is 0.286. The van der Waals surface area contributed by atoms with Crippen molar-refractivity contribution in [1.82, 2.24) is 9.78 Å². The third-order valence-electron chi connectivity index (χ3n) is 2.52. The lowest BCUT2D eigenvalue weighted by Crippen LogP contribution is -2.24. The van der Waals surface area contributed by atoms with E-state index in [-0.39, 0.29) is 11.6 Å². The maximum atomic E-state index is 13.1. The monoisotopic (exact) mass is 249 g/mol. The van der Waals surface area contributed by atoms with Crippen LogP contribution in [-0.4, -0.2) is 20.8 Å². The van der Waals surface area contributed by atoms with Gasteiger partial charge in [0.15, 0.2) is 11.6 Å². The number of phenolic OH excluding ortho intramolecular Hbond substituents is 1. The summed E-state index contributed by atoms with van der Waals surface area (Å²) in [6.07, 6.45) is 3.24. The minimum atomic E-state index is -0.778. The molecule has 0 saturated carbocycles. The molecule has 0 aliphatic rings. The molecule has 0 spiro atoms. The van der Waals surface area contributed by atoms with Gasteiger partial charge in [0.1, 0.15) is 6.04 Å². The Morgan fingerprint density at radius 3 is 2.94 bits per heavy atom. The summed E-state index contributed by atoms with van der Waals surface area (Å²) in [5.41, 5.74) is 0.286. The molecule has 94 valence electrons. The van der Waals surface area contributed by atoms with Gasteiger partial charge in [-0.2, -0.15) is 5.10 Å². The minimum Gasteiger partial charge on any atom is -0.505 e. The van der Waals surface area contributed by atoms with E-state index < -0.39 is 17.6 Å². The average Bonchev–Trinajstić information content (AvgIpc) is 2.86. The van der Waals surface area contributed by atoms with Gasteiger partial charge in [-0.3, -0.25) is 9.48 Å². The van der Waals surface area contributed by atoms with Crippen LogP contribution in [0.5, 0.6) is 5.75 Å². The molecular weight excluding hydrogens is 237 g/mol. The van der Waals surface area contributed by atoms with Crippen molar-refractivity contribution in [3.63, 3.8) is 0 Å². The van der Waals surface area contributed by atoms with Crippen molar-refractivity contribution in [3.05, 3.63) is 42.5 Å². The zero-order valence-electron chi connectivity index (χ0n) is 9.67. The molecule has 1 aromatic heterocycles. The molecule has 2 rings (SSSR count). The first kappa shape index (κ1) is 12.1. The van der Waals surface area contributed by atoms with E-state index >= 15 is 0 Å². The van der Waals surface area contributed by atoms with Crippen molar-refractivity contribution < 1.29 is 14.3 Å². The second kappa shape index (κ2) is 4.87. The van der Waals surface area contributed by atoms with Gasteiger partial charge < -0.3 is 10.4 Å². The van der Waals surface area contributed by atoms with Crippen LogP contribution in [0.4, 0.5) is 10.1 Å². The van der Waals surface area contributed by atoms with Crippen LogP contribution in [0.25, 0.3) is 0 Å². The van der Waals surface area contributed by atoms with E-state index in [2.05, 4.69) is 10.4 Å². The number of anilines is 1. The maximum absolute atomic E-state index is 13.1. The number of phenols is 1. The molecule has 0 bridgehead atoms. The third kappa shape index (κ3) is 2.48. The fraction of sp³-hybridized carbons (Fsp3) is 0.167. The number of aromatic nitrogens is 2. The van der Waals surface area contributed by atoms with E-state index in [0.717, 1.165) is 6.07 Å². The fourth-order valence-corrected chi connectivity index (χ4v) is 1.46. The predicted molar refractivity (Wildman–Crippen MR) is 63.6 cm³/mol. The average molecular weight is 249 g/mol. The Kier molecular flexibility index (Phi) is 3.27. The standard InChI is InChI=1S/C12H12FN3O2/c1-8(16-6-2-5-14-16)12(18)15-9-3-4-11(17)10(13)7-9/h2-8,17H,1H3,(H,15,18). The lowest BCUT2D eigenvalue weighted by Gasteiger charge is -2.12. The van der Waals surface area contributed by atoms with Crippen molar-refractivity contribution in [2.24, 2.45) is 0 Å². The number of aromatic hydroxyl groups is 1. The Bertz CT molecular complexity index is 554. The lowest BCUT2D eigenvalue weighted by atomic mass is 10.2. The first-order valence-corrected chi connectivity index (χ1v) is 5.36. The summed E-state index contributed by atoms with van der Waals surface area (Å²) in [6, 6.07) is 4.87. The van der Waals surface area contributed by atoms with Gasteiger partial charge in [0.05, 0.1) is 0 Å². The van der Waals surface area contributed by atoms with Crippen molar-refractivity contribution >= 4 is 11.6 Å². The van der Waals surface area contributed by atoms with E-state index in [0.29, 0.717) is 0 Å². The van der Waals surface area contributed by atoms with Crippen LogP contribution >= 0.6 is 0 Å². The number of carbonyl (C=O) groups excluding carboxylic acids is 1. The summed E-state index contributed by atoms with van der Waals surface area (Å²) in [6.45, 7) is 1.68. The van der Waals surface area contributed by atoms with Crippen LogP contribution in [0.3, 0.4) is 0 Å². The molecule has 0 radical (unpaired) electrons. The Labute approximate surface area is 103 Å². The molecule has 2 N–H and O–H groups in total. The predicted octanol–water partition coefficient (Wildman–Crippen LogP) is 1.93. The topological polar surface area (TPSA) is 67.2 Å². The molecule has 1 atom stereocenters. The number of halogens is 1. The van der Waals surface area contributed by atoms with Crippen molar-refractivity contribution in [1.29, 1.82) is 0 Å². The number of amides is 1. The van der Waals surface area contributed by atoms with E-state index in [1.807, 2.05) is 0 Å². The Hall–Kier alpha value is -2.37. The first-order valence-electron chi connectivity index (χ1n) is 5.36. The van der Waals surface area contributed by atoms with Gasteiger partial charge in [-0.1, -0.05) is 0 Å². The summed E-state index contributed by atoms with van der Waals surface area (Å²) >= 11 is 0. The molecule has 1 amide bonds. The number of nitrogens with zero attached hydrogens (tertiary/aromatic N) is 2. The largest absolute Gasteiger partial charge is 0.505 e. The molecule has 0 saturated heterocycles. The van der Waals surface area contributed by atoms with Crippen LogP contribution in [0.15, 0.2) is 36.7 Å². The van der Waals surface area contributed by atoms with E-state index in [1.54, 1.807) is 25.4 Å².